The molecule has 2 amide bonds. The van der Waals surface area contributed by atoms with Crippen LogP contribution in [0.3, 0.4) is 0 Å². The van der Waals surface area contributed by atoms with Crippen LogP contribution in [0.15, 0.2) is 11.4 Å². The summed E-state index contributed by atoms with van der Waals surface area (Å²) in [5.41, 5.74) is 0. The zero-order valence-electron chi connectivity index (χ0n) is 12.8. The van der Waals surface area contributed by atoms with Gasteiger partial charge in [0.15, 0.2) is 6.61 Å². The van der Waals surface area contributed by atoms with Gasteiger partial charge in [-0.2, -0.15) is 0 Å². The van der Waals surface area contributed by atoms with E-state index in [4.69, 9.17) is 4.74 Å². The molecule has 1 aromatic heterocycles. The minimum atomic E-state index is -0.637. The average Bonchev–Trinajstić information content (AvgIpc) is 3.01. The van der Waals surface area contributed by atoms with Crippen LogP contribution >= 0.6 is 11.3 Å². The highest BCUT2D eigenvalue weighted by Crippen LogP contribution is 2.32. The molecule has 0 saturated carbocycles. The molecule has 23 heavy (non-hydrogen) atoms. The maximum atomic E-state index is 12.2. The van der Waals surface area contributed by atoms with E-state index in [0.717, 1.165) is 43.7 Å². The first kappa shape index (κ1) is 17.2. The molecule has 1 unspecified atom stereocenters. The molecule has 0 aliphatic carbocycles. The van der Waals surface area contributed by atoms with Gasteiger partial charge in [0, 0.05) is 18.5 Å². The topological polar surface area (TPSA) is 102 Å². The van der Waals surface area contributed by atoms with Crippen molar-refractivity contribution < 1.29 is 19.2 Å². The molecule has 2 rings (SSSR count). The van der Waals surface area contributed by atoms with E-state index in [0.29, 0.717) is 0 Å². The zero-order chi connectivity index (χ0) is 16.8. The number of nitro groups is 1. The summed E-state index contributed by atoms with van der Waals surface area (Å²) in [5.74, 6) is -0.534. The monoisotopic (exact) mass is 341 g/mol. The van der Waals surface area contributed by atoms with Gasteiger partial charge in [0.2, 0.25) is 11.7 Å². The van der Waals surface area contributed by atoms with Crippen LogP contribution in [-0.4, -0.2) is 47.4 Å². The highest BCUT2D eigenvalue weighted by Gasteiger charge is 2.24. The number of carbonyl (C=O) groups is 2. The van der Waals surface area contributed by atoms with Crippen LogP contribution < -0.4 is 10.1 Å². The molecule has 1 aliphatic rings. The second-order valence-electron chi connectivity index (χ2n) is 5.31. The molecule has 126 valence electrons. The summed E-state index contributed by atoms with van der Waals surface area (Å²) < 4.78 is 5.16. The van der Waals surface area contributed by atoms with Crippen LogP contribution in [0.2, 0.25) is 0 Å². The Kier molecular flexibility index (Phi) is 5.91. The van der Waals surface area contributed by atoms with Crippen LogP contribution in [0.25, 0.3) is 0 Å². The lowest BCUT2D eigenvalue weighted by molar-refractivity contribution is -0.381. The van der Waals surface area contributed by atoms with Gasteiger partial charge < -0.3 is 15.0 Å². The van der Waals surface area contributed by atoms with Crippen LogP contribution in [0.5, 0.6) is 5.75 Å². The third-order valence-corrected chi connectivity index (χ3v) is 4.40. The highest BCUT2D eigenvalue weighted by molar-refractivity contribution is 7.13. The number of hydrogen-bond donors (Lipinski definition) is 1. The van der Waals surface area contributed by atoms with Crippen LogP contribution in [0, 0.1) is 10.1 Å². The number of amides is 2. The molecule has 1 aromatic rings. The van der Waals surface area contributed by atoms with Gasteiger partial charge in [-0.15, -0.1) is 0 Å². The molecule has 0 bridgehead atoms. The Hall–Kier alpha value is -2.16. The first-order chi connectivity index (χ1) is 11.0. The van der Waals surface area contributed by atoms with E-state index in [-0.39, 0.29) is 23.3 Å². The molecular formula is C14H19N3O5S. The van der Waals surface area contributed by atoms with Crippen molar-refractivity contribution in [2.24, 2.45) is 0 Å². The molecule has 9 heteroatoms. The van der Waals surface area contributed by atoms with Crippen LogP contribution in [0.4, 0.5) is 5.00 Å². The van der Waals surface area contributed by atoms with E-state index in [9.17, 15) is 19.7 Å². The van der Waals surface area contributed by atoms with E-state index in [1.165, 1.54) is 11.4 Å². The summed E-state index contributed by atoms with van der Waals surface area (Å²) in [7, 11) is 0. The number of hydrogen-bond acceptors (Lipinski definition) is 6. The van der Waals surface area contributed by atoms with Crippen molar-refractivity contribution in [3.63, 3.8) is 0 Å². The van der Waals surface area contributed by atoms with Gasteiger partial charge in [0.05, 0.1) is 4.92 Å². The van der Waals surface area contributed by atoms with Crippen molar-refractivity contribution in [2.75, 3.05) is 19.7 Å². The molecule has 1 aliphatic heterocycles. The van der Waals surface area contributed by atoms with E-state index in [1.54, 1.807) is 11.8 Å². The molecule has 1 saturated heterocycles. The third kappa shape index (κ3) is 4.65. The number of ether oxygens (including phenoxy) is 1. The van der Waals surface area contributed by atoms with Gasteiger partial charge in [0.1, 0.15) is 6.04 Å². The smallest absolute Gasteiger partial charge is 0.365 e. The summed E-state index contributed by atoms with van der Waals surface area (Å²) in [5, 5.41) is 14.7. The lowest BCUT2D eigenvalue weighted by Gasteiger charge is -2.29. The van der Waals surface area contributed by atoms with Gasteiger partial charge in [-0.05, 0) is 32.3 Å². The minimum absolute atomic E-state index is 0.0603. The number of piperidine rings is 1. The van der Waals surface area contributed by atoms with Gasteiger partial charge in [-0.1, -0.05) is 11.3 Å². The predicted molar refractivity (Wildman–Crippen MR) is 84.5 cm³/mol. The number of likely N-dealkylation sites (tertiary alicyclic amines) is 1. The minimum Gasteiger partial charge on any atom is -0.476 e. The van der Waals surface area contributed by atoms with Crippen molar-refractivity contribution >= 4 is 28.2 Å². The van der Waals surface area contributed by atoms with Crippen molar-refractivity contribution in [1.29, 1.82) is 0 Å². The Morgan fingerprint density at radius 3 is 2.78 bits per heavy atom. The molecule has 2 heterocycles. The largest absolute Gasteiger partial charge is 0.476 e. The van der Waals surface area contributed by atoms with Gasteiger partial charge in [-0.3, -0.25) is 19.7 Å². The maximum Gasteiger partial charge on any atom is 0.365 e. The summed E-state index contributed by atoms with van der Waals surface area (Å²) in [6, 6.07) is 0.805. The van der Waals surface area contributed by atoms with E-state index in [1.807, 2.05) is 0 Å². The molecule has 1 atom stereocenters. The van der Waals surface area contributed by atoms with E-state index >= 15 is 0 Å². The van der Waals surface area contributed by atoms with E-state index < -0.39 is 16.9 Å². The molecule has 0 radical (unpaired) electrons. The molecule has 8 nitrogen and oxygen atoms in total. The van der Waals surface area contributed by atoms with E-state index in [2.05, 4.69) is 5.32 Å². The maximum absolute atomic E-state index is 12.2. The van der Waals surface area contributed by atoms with Gasteiger partial charge in [0.25, 0.3) is 5.91 Å². The number of nitrogens with one attached hydrogen (secondary N) is 1. The fraction of sp³-hybridized carbons (Fsp3) is 0.571. The number of nitrogens with zero attached hydrogens (tertiary/aromatic N) is 2. The Bertz CT molecular complexity index is 583. The summed E-state index contributed by atoms with van der Waals surface area (Å²) in [6.07, 6.45) is 3.09. The Labute approximate surface area is 137 Å². The first-order valence-electron chi connectivity index (χ1n) is 7.42. The zero-order valence-corrected chi connectivity index (χ0v) is 13.6. The SMILES string of the molecule is CC(NC(=O)COc1ccsc1[N+](=O)[O-])C(=O)N1CCCCC1. The number of carbonyl (C=O) groups excluding carboxylic acids is 2. The highest BCUT2D eigenvalue weighted by atomic mass is 32.1. The lowest BCUT2D eigenvalue weighted by atomic mass is 10.1. The van der Waals surface area contributed by atoms with Crippen molar-refractivity contribution in [1.82, 2.24) is 10.2 Å². The van der Waals surface area contributed by atoms with Gasteiger partial charge in [-0.25, -0.2) is 0 Å². The number of thiophene rings is 1. The Morgan fingerprint density at radius 2 is 2.13 bits per heavy atom. The fourth-order valence-electron chi connectivity index (χ4n) is 2.41. The van der Waals surface area contributed by atoms with Crippen molar-refractivity contribution in [2.45, 2.75) is 32.2 Å². The lowest BCUT2D eigenvalue weighted by Crippen LogP contribution is -2.49. The second kappa shape index (κ2) is 7.91. The summed E-state index contributed by atoms with van der Waals surface area (Å²) in [4.78, 5) is 36.0. The molecule has 0 spiro atoms. The molecule has 1 fully saturated rings. The van der Waals surface area contributed by atoms with Crippen molar-refractivity contribution in [3.8, 4) is 5.75 Å². The Morgan fingerprint density at radius 1 is 1.43 bits per heavy atom. The second-order valence-corrected chi connectivity index (χ2v) is 6.21. The standard InChI is InChI=1S/C14H19N3O5S/c1-10(13(19)16-6-3-2-4-7-16)15-12(18)9-22-11-5-8-23-14(11)17(20)21/h5,8,10H,2-4,6-7,9H2,1H3,(H,15,18). The Balaban J connectivity index is 1.80. The van der Waals surface area contributed by atoms with Crippen molar-refractivity contribution in [3.05, 3.63) is 21.6 Å². The normalized spacial score (nSPS) is 15.8. The molecule has 0 aromatic carbocycles. The summed E-state index contributed by atoms with van der Waals surface area (Å²) in [6.45, 7) is 2.70. The molecule has 1 N–H and O–H groups in total. The van der Waals surface area contributed by atoms with Gasteiger partial charge >= 0.3 is 5.00 Å². The average molecular weight is 341 g/mol. The predicted octanol–water partition coefficient (Wildman–Crippen LogP) is 1.55. The fourth-order valence-corrected chi connectivity index (χ4v) is 3.06. The third-order valence-electron chi connectivity index (χ3n) is 3.55. The van der Waals surface area contributed by atoms with Crippen LogP contribution in [-0.2, 0) is 9.59 Å². The quantitative estimate of drug-likeness (QED) is 0.625. The summed E-state index contributed by atoms with van der Waals surface area (Å²) >= 11 is 0.930. The number of rotatable bonds is 6. The first-order valence-corrected chi connectivity index (χ1v) is 8.30. The van der Waals surface area contributed by atoms with Crippen LogP contribution in [0.1, 0.15) is 26.2 Å². The molecular weight excluding hydrogens is 322 g/mol.